The molecule has 2 heterocycles. The SMILES string of the molecule is Brc1ccc(-n2ccc([C@H]3OCCS3)c2)cc1. The lowest BCUT2D eigenvalue weighted by atomic mass is 10.3. The van der Waals surface area contributed by atoms with E-state index in [-0.39, 0.29) is 5.44 Å². The third-order valence-electron chi connectivity index (χ3n) is 2.73. The molecule has 3 rings (SSSR count). The molecule has 1 aromatic carbocycles. The summed E-state index contributed by atoms with van der Waals surface area (Å²) < 4.78 is 8.88. The summed E-state index contributed by atoms with van der Waals surface area (Å²) >= 11 is 5.31. The third kappa shape index (κ3) is 2.44. The molecule has 0 amide bonds. The molecule has 1 aliphatic heterocycles. The number of rotatable bonds is 2. The number of nitrogens with zero attached hydrogens (tertiary/aromatic N) is 1. The molecule has 0 unspecified atom stereocenters. The maximum absolute atomic E-state index is 5.65. The fourth-order valence-electron chi connectivity index (χ4n) is 1.88. The molecular weight excluding hydrogens is 298 g/mol. The van der Waals surface area contributed by atoms with Crippen LogP contribution in [0.1, 0.15) is 11.0 Å². The molecule has 0 radical (unpaired) electrons. The van der Waals surface area contributed by atoms with Crippen LogP contribution in [-0.4, -0.2) is 16.9 Å². The molecule has 88 valence electrons. The normalized spacial score (nSPS) is 19.7. The predicted molar refractivity (Wildman–Crippen MR) is 74.6 cm³/mol. The van der Waals surface area contributed by atoms with E-state index in [9.17, 15) is 0 Å². The molecule has 1 aromatic heterocycles. The van der Waals surface area contributed by atoms with Crippen molar-refractivity contribution in [3.05, 3.63) is 52.8 Å². The largest absolute Gasteiger partial charge is 0.362 e. The van der Waals surface area contributed by atoms with Crippen LogP contribution in [0.3, 0.4) is 0 Å². The molecule has 0 N–H and O–H groups in total. The van der Waals surface area contributed by atoms with Gasteiger partial charge in [0.05, 0.1) is 6.61 Å². The second kappa shape index (κ2) is 4.88. The molecular formula is C13H12BrNOS. The Labute approximate surface area is 113 Å². The first-order valence-corrected chi connectivity index (χ1v) is 7.34. The van der Waals surface area contributed by atoms with E-state index in [4.69, 9.17) is 4.74 Å². The van der Waals surface area contributed by atoms with Crippen LogP contribution >= 0.6 is 27.7 Å². The Balaban J connectivity index is 1.86. The van der Waals surface area contributed by atoms with Crippen molar-refractivity contribution in [2.24, 2.45) is 0 Å². The van der Waals surface area contributed by atoms with E-state index in [0.717, 1.165) is 16.8 Å². The second-order valence-electron chi connectivity index (χ2n) is 3.90. The van der Waals surface area contributed by atoms with Gasteiger partial charge in [0.1, 0.15) is 5.44 Å². The number of thioether (sulfide) groups is 1. The highest BCUT2D eigenvalue weighted by Gasteiger charge is 2.19. The van der Waals surface area contributed by atoms with Gasteiger partial charge >= 0.3 is 0 Å². The van der Waals surface area contributed by atoms with Crippen LogP contribution in [0.15, 0.2) is 47.2 Å². The van der Waals surface area contributed by atoms with Crippen molar-refractivity contribution in [3.63, 3.8) is 0 Å². The van der Waals surface area contributed by atoms with Crippen LogP contribution in [0, 0.1) is 0 Å². The molecule has 0 spiro atoms. The van der Waals surface area contributed by atoms with E-state index >= 15 is 0 Å². The van der Waals surface area contributed by atoms with E-state index in [1.54, 1.807) is 0 Å². The summed E-state index contributed by atoms with van der Waals surface area (Å²) in [6.07, 6.45) is 4.23. The van der Waals surface area contributed by atoms with Crippen LogP contribution < -0.4 is 0 Å². The van der Waals surface area contributed by atoms with E-state index < -0.39 is 0 Å². The molecule has 2 nitrogen and oxygen atoms in total. The summed E-state index contributed by atoms with van der Waals surface area (Å²) in [4.78, 5) is 0. The Morgan fingerprint density at radius 1 is 1.24 bits per heavy atom. The minimum atomic E-state index is 0.215. The first-order valence-electron chi connectivity index (χ1n) is 5.50. The summed E-state index contributed by atoms with van der Waals surface area (Å²) in [5.41, 5.74) is 2.63. The highest BCUT2D eigenvalue weighted by atomic mass is 79.9. The van der Waals surface area contributed by atoms with E-state index in [0.29, 0.717) is 0 Å². The Hall–Kier alpha value is -0.710. The first kappa shape index (κ1) is 11.4. The topological polar surface area (TPSA) is 14.2 Å². The monoisotopic (exact) mass is 309 g/mol. The highest BCUT2D eigenvalue weighted by molar-refractivity contribution is 9.10. The number of hydrogen-bond donors (Lipinski definition) is 0. The Morgan fingerprint density at radius 2 is 2.06 bits per heavy atom. The van der Waals surface area contributed by atoms with Gasteiger partial charge in [-0.05, 0) is 30.3 Å². The van der Waals surface area contributed by atoms with Crippen molar-refractivity contribution in [1.29, 1.82) is 0 Å². The average Bonchev–Trinajstić information content (AvgIpc) is 3.00. The zero-order chi connectivity index (χ0) is 11.7. The van der Waals surface area contributed by atoms with Gasteiger partial charge in [-0.2, -0.15) is 0 Å². The van der Waals surface area contributed by atoms with Crippen LogP contribution in [0.25, 0.3) is 5.69 Å². The van der Waals surface area contributed by atoms with E-state index in [1.807, 2.05) is 11.8 Å². The van der Waals surface area contributed by atoms with Gasteiger partial charge < -0.3 is 9.30 Å². The van der Waals surface area contributed by atoms with Crippen LogP contribution in [0.4, 0.5) is 0 Å². The highest BCUT2D eigenvalue weighted by Crippen LogP contribution is 2.35. The Kier molecular flexibility index (Phi) is 3.27. The summed E-state index contributed by atoms with van der Waals surface area (Å²) in [5.74, 6) is 1.09. The Morgan fingerprint density at radius 3 is 2.76 bits per heavy atom. The molecule has 0 aliphatic carbocycles. The molecule has 2 aromatic rings. The minimum absolute atomic E-state index is 0.215. The number of halogens is 1. The van der Waals surface area contributed by atoms with Crippen LogP contribution in [-0.2, 0) is 4.74 Å². The maximum atomic E-state index is 5.65. The molecule has 1 aliphatic rings. The first-order chi connectivity index (χ1) is 8.33. The van der Waals surface area contributed by atoms with Crippen LogP contribution in [0.5, 0.6) is 0 Å². The number of benzene rings is 1. The summed E-state index contributed by atoms with van der Waals surface area (Å²) in [6.45, 7) is 0.860. The molecule has 17 heavy (non-hydrogen) atoms. The number of ether oxygens (including phenoxy) is 1. The van der Waals surface area contributed by atoms with Crippen molar-refractivity contribution in [2.75, 3.05) is 12.4 Å². The predicted octanol–water partition coefficient (Wildman–Crippen LogP) is 4.00. The molecule has 1 saturated heterocycles. The van der Waals surface area contributed by atoms with Gasteiger partial charge in [-0.3, -0.25) is 0 Å². The molecule has 1 atom stereocenters. The van der Waals surface area contributed by atoms with Crippen molar-refractivity contribution >= 4 is 27.7 Å². The lowest BCUT2D eigenvalue weighted by Crippen LogP contribution is -1.92. The molecule has 0 bridgehead atoms. The zero-order valence-electron chi connectivity index (χ0n) is 9.17. The van der Waals surface area contributed by atoms with E-state index in [1.165, 1.54) is 11.3 Å². The van der Waals surface area contributed by atoms with Crippen LogP contribution in [0.2, 0.25) is 0 Å². The lowest BCUT2D eigenvalue weighted by molar-refractivity contribution is 0.145. The Bertz CT molecular complexity index is 502. The van der Waals surface area contributed by atoms with Gasteiger partial charge in [0, 0.05) is 33.9 Å². The van der Waals surface area contributed by atoms with Gasteiger partial charge in [0.15, 0.2) is 0 Å². The van der Waals surface area contributed by atoms with Gasteiger partial charge in [-0.1, -0.05) is 15.9 Å². The fourth-order valence-corrected chi connectivity index (χ4v) is 3.07. The summed E-state index contributed by atoms with van der Waals surface area (Å²) in [5, 5.41) is 0. The fraction of sp³-hybridized carbons (Fsp3) is 0.231. The summed E-state index contributed by atoms with van der Waals surface area (Å²) in [7, 11) is 0. The second-order valence-corrected chi connectivity index (χ2v) is 5.99. The molecule has 4 heteroatoms. The summed E-state index contributed by atoms with van der Waals surface area (Å²) in [6, 6.07) is 10.4. The van der Waals surface area contributed by atoms with Gasteiger partial charge in [0.2, 0.25) is 0 Å². The van der Waals surface area contributed by atoms with Gasteiger partial charge in [-0.15, -0.1) is 11.8 Å². The number of aromatic nitrogens is 1. The van der Waals surface area contributed by atoms with Crippen molar-refractivity contribution in [2.45, 2.75) is 5.44 Å². The van der Waals surface area contributed by atoms with Crippen molar-refractivity contribution in [1.82, 2.24) is 4.57 Å². The van der Waals surface area contributed by atoms with Crippen molar-refractivity contribution < 1.29 is 4.74 Å². The van der Waals surface area contributed by atoms with Gasteiger partial charge in [0.25, 0.3) is 0 Å². The molecule has 1 fully saturated rings. The van der Waals surface area contributed by atoms with E-state index in [2.05, 4.69) is 63.2 Å². The number of hydrogen-bond acceptors (Lipinski definition) is 2. The standard InChI is InChI=1S/C13H12BrNOS/c14-11-1-3-12(4-2-11)15-6-5-10(9-15)13-16-7-8-17-13/h1-6,9,13H,7-8H2/t13-/m0/s1. The zero-order valence-corrected chi connectivity index (χ0v) is 11.6. The average molecular weight is 310 g/mol. The molecule has 0 saturated carbocycles. The minimum Gasteiger partial charge on any atom is -0.362 e. The lowest BCUT2D eigenvalue weighted by Gasteiger charge is -2.06. The van der Waals surface area contributed by atoms with Gasteiger partial charge in [-0.25, -0.2) is 0 Å². The quantitative estimate of drug-likeness (QED) is 0.832. The third-order valence-corrected chi connectivity index (χ3v) is 4.38. The smallest absolute Gasteiger partial charge is 0.130 e. The van der Waals surface area contributed by atoms with Crippen molar-refractivity contribution in [3.8, 4) is 5.69 Å². The maximum Gasteiger partial charge on any atom is 0.130 e.